The Balaban J connectivity index is 1.82. The zero-order chi connectivity index (χ0) is 20.9. The number of aromatic nitrogens is 1. The van der Waals surface area contributed by atoms with Crippen LogP contribution >= 0.6 is 0 Å². The van der Waals surface area contributed by atoms with Gasteiger partial charge in [-0.05, 0) is 30.2 Å². The van der Waals surface area contributed by atoms with E-state index in [0.29, 0.717) is 17.9 Å². The van der Waals surface area contributed by atoms with Gasteiger partial charge in [0.25, 0.3) is 5.91 Å². The van der Waals surface area contributed by atoms with Crippen molar-refractivity contribution >= 4 is 12.0 Å². The van der Waals surface area contributed by atoms with Gasteiger partial charge in [0.1, 0.15) is 5.75 Å². The largest absolute Gasteiger partial charge is 0.412 e. The van der Waals surface area contributed by atoms with Gasteiger partial charge in [0.05, 0.1) is 5.56 Å². The molecule has 156 valence electrons. The highest BCUT2D eigenvalue weighted by Gasteiger charge is 2.09. The highest BCUT2D eigenvalue weighted by Crippen LogP contribution is 2.24. The number of unbranched alkanes of at least 4 members (excludes halogenated alkanes) is 6. The predicted octanol–water partition coefficient (Wildman–Crippen LogP) is 4.19. The summed E-state index contributed by atoms with van der Waals surface area (Å²) in [5, 5.41) is 2.78. The first-order chi connectivity index (χ1) is 14.1. The average molecular weight is 399 g/mol. The molecule has 2 amide bonds. The van der Waals surface area contributed by atoms with Crippen LogP contribution in [0.5, 0.6) is 5.75 Å². The van der Waals surface area contributed by atoms with Crippen LogP contribution in [0.4, 0.5) is 4.79 Å². The van der Waals surface area contributed by atoms with E-state index in [0.717, 1.165) is 24.0 Å². The summed E-state index contributed by atoms with van der Waals surface area (Å²) >= 11 is 0. The molecule has 1 aromatic carbocycles. The van der Waals surface area contributed by atoms with Gasteiger partial charge in [0.15, 0.2) is 0 Å². The van der Waals surface area contributed by atoms with Crippen molar-refractivity contribution in [3.05, 3.63) is 48.3 Å². The molecule has 4 N–H and O–H groups in total. The molecule has 0 spiro atoms. The van der Waals surface area contributed by atoms with E-state index in [9.17, 15) is 9.59 Å². The lowest BCUT2D eigenvalue weighted by molar-refractivity contribution is 0.0953. The van der Waals surface area contributed by atoms with Gasteiger partial charge in [0, 0.05) is 24.5 Å². The fraction of sp³-hybridized carbons (Fsp3) is 0.409. The molecule has 7 nitrogen and oxygen atoms in total. The Morgan fingerprint density at radius 1 is 1.00 bits per heavy atom. The molecule has 1 heterocycles. The molecule has 0 fully saturated rings. The number of nitrogen functional groups attached to an aromatic ring is 1. The Morgan fingerprint density at radius 2 is 1.76 bits per heavy atom. The van der Waals surface area contributed by atoms with Gasteiger partial charge in [-0.1, -0.05) is 57.6 Å². The van der Waals surface area contributed by atoms with E-state index < -0.39 is 12.0 Å². The van der Waals surface area contributed by atoms with Crippen molar-refractivity contribution in [2.75, 3.05) is 6.54 Å². The smallest absolute Gasteiger partial charge is 0.410 e. The number of carbonyl (C=O) groups excluding carboxylic acids is 2. The van der Waals surface area contributed by atoms with E-state index >= 15 is 0 Å². The summed E-state index contributed by atoms with van der Waals surface area (Å²) < 4.78 is 5.37. The molecule has 0 saturated heterocycles. The number of rotatable bonds is 11. The summed E-state index contributed by atoms with van der Waals surface area (Å²) in [6.45, 7) is 2.81. The Kier molecular flexibility index (Phi) is 9.65. The third kappa shape index (κ3) is 7.91. The number of hydrogen-bond acceptors (Lipinski definition) is 5. The number of amides is 2. The van der Waals surface area contributed by atoms with E-state index in [1.165, 1.54) is 38.3 Å². The molecule has 0 bridgehead atoms. The fourth-order valence-corrected chi connectivity index (χ4v) is 2.96. The highest BCUT2D eigenvalue weighted by atomic mass is 16.6. The lowest BCUT2D eigenvalue weighted by atomic mass is 10.1. The molecule has 0 atom stereocenters. The number of nitrogens with zero attached hydrogens (tertiary/aromatic N) is 1. The summed E-state index contributed by atoms with van der Waals surface area (Å²) in [4.78, 5) is 27.7. The van der Waals surface area contributed by atoms with Gasteiger partial charge in [-0.25, -0.2) is 10.6 Å². The zero-order valence-corrected chi connectivity index (χ0v) is 16.9. The number of nitrogens with two attached hydrogens (primary N) is 1. The lowest BCUT2D eigenvalue weighted by Gasteiger charge is -2.09. The van der Waals surface area contributed by atoms with E-state index in [1.54, 1.807) is 30.5 Å². The van der Waals surface area contributed by atoms with Crippen molar-refractivity contribution in [2.45, 2.75) is 51.9 Å². The van der Waals surface area contributed by atoms with Crippen LogP contribution in [0.1, 0.15) is 62.2 Å². The predicted molar refractivity (Wildman–Crippen MR) is 113 cm³/mol. The van der Waals surface area contributed by atoms with Crippen molar-refractivity contribution < 1.29 is 14.3 Å². The minimum absolute atomic E-state index is 0.351. The van der Waals surface area contributed by atoms with Gasteiger partial charge >= 0.3 is 6.09 Å². The summed E-state index contributed by atoms with van der Waals surface area (Å²) in [5.41, 5.74) is 3.93. The van der Waals surface area contributed by atoms with Crippen LogP contribution in [0.3, 0.4) is 0 Å². The molecule has 2 rings (SSSR count). The highest BCUT2D eigenvalue weighted by molar-refractivity contribution is 5.94. The third-order valence-electron chi connectivity index (χ3n) is 4.56. The summed E-state index contributed by atoms with van der Waals surface area (Å²) in [7, 11) is 0. The molecule has 0 aliphatic heterocycles. The lowest BCUT2D eigenvalue weighted by Crippen LogP contribution is -2.30. The number of hydrazine groups is 1. The quantitative estimate of drug-likeness (QED) is 0.228. The third-order valence-corrected chi connectivity index (χ3v) is 4.56. The average Bonchev–Trinajstić information content (AvgIpc) is 2.75. The second kappa shape index (κ2) is 12.5. The number of benzene rings is 1. The number of carbonyl (C=O) groups is 2. The summed E-state index contributed by atoms with van der Waals surface area (Å²) in [5.74, 6) is 5.17. The minimum Gasteiger partial charge on any atom is -0.410 e. The Bertz CT molecular complexity index is 795. The molecular weight excluding hydrogens is 368 g/mol. The minimum atomic E-state index is -0.470. The molecule has 0 radical (unpaired) electrons. The molecule has 29 heavy (non-hydrogen) atoms. The van der Waals surface area contributed by atoms with Crippen LogP contribution < -0.4 is 21.3 Å². The van der Waals surface area contributed by atoms with Crippen molar-refractivity contribution in [1.29, 1.82) is 0 Å². The van der Waals surface area contributed by atoms with Gasteiger partial charge in [0.2, 0.25) is 0 Å². The van der Waals surface area contributed by atoms with Gasteiger partial charge in [-0.2, -0.15) is 0 Å². The van der Waals surface area contributed by atoms with Gasteiger partial charge in [-0.3, -0.25) is 15.2 Å². The number of nitrogens with one attached hydrogen (secondary N) is 2. The van der Waals surface area contributed by atoms with Crippen LogP contribution in [0, 0.1) is 0 Å². The Morgan fingerprint density at radius 3 is 2.52 bits per heavy atom. The molecular formula is C22H30N4O3. The van der Waals surface area contributed by atoms with E-state index in [1.807, 2.05) is 6.07 Å². The van der Waals surface area contributed by atoms with Crippen molar-refractivity contribution in [3.63, 3.8) is 0 Å². The first-order valence-electron chi connectivity index (χ1n) is 10.2. The monoisotopic (exact) mass is 398 g/mol. The zero-order valence-electron chi connectivity index (χ0n) is 16.9. The number of ether oxygens (including phenoxy) is 1. The Hall–Kier alpha value is -2.93. The summed E-state index contributed by atoms with van der Waals surface area (Å²) in [6, 6.07) is 8.75. The van der Waals surface area contributed by atoms with Crippen molar-refractivity contribution in [2.24, 2.45) is 5.84 Å². The molecule has 2 aromatic rings. The van der Waals surface area contributed by atoms with Gasteiger partial charge in [-0.15, -0.1) is 0 Å². The van der Waals surface area contributed by atoms with Crippen LogP contribution in [-0.2, 0) is 0 Å². The molecule has 0 saturated carbocycles. The normalized spacial score (nSPS) is 10.4. The first kappa shape index (κ1) is 22.4. The van der Waals surface area contributed by atoms with Crippen molar-refractivity contribution in [1.82, 2.24) is 15.7 Å². The van der Waals surface area contributed by atoms with E-state index in [2.05, 4.69) is 22.7 Å². The first-order valence-corrected chi connectivity index (χ1v) is 10.2. The second-order valence-corrected chi connectivity index (χ2v) is 6.90. The Labute approximate surface area is 172 Å². The molecule has 0 unspecified atom stereocenters. The number of pyridine rings is 1. The maximum Gasteiger partial charge on any atom is 0.412 e. The fourth-order valence-electron chi connectivity index (χ4n) is 2.96. The van der Waals surface area contributed by atoms with Crippen LogP contribution in [0.25, 0.3) is 11.1 Å². The van der Waals surface area contributed by atoms with E-state index in [4.69, 9.17) is 10.6 Å². The maximum absolute atomic E-state index is 12.0. The topological polar surface area (TPSA) is 106 Å². The molecule has 0 aliphatic carbocycles. The van der Waals surface area contributed by atoms with Crippen LogP contribution in [0.2, 0.25) is 0 Å². The standard InChI is InChI=1S/C22H30N4O3/c1-2-3-4-5-6-7-8-12-25-22(28)29-20-11-9-10-17(14-20)18-13-19(16-24-15-18)21(27)26-23/h9-11,13-16H,2-8,12,23H2,1H3,(H,25,28)(H,26,27). The van der Waals surface area contributed by atoms with Crippen LogP contribution in [0.15, 0.2) is 42.7 Å². The molecule has 1 aromatic heterocycles. The van der Waals surface area contributed by atoms with Crippen molar-refractivity contribution in [3.8, 4) is 16.9 Å². The maximum atomic E-state index is 12.0. The van der Waals surface area contributed by atoms with Gasteiger partial charge < -0.3 is 10.1 Å². The van der Waals surface area contributed by atoms with Crippen LogP contribution in [-0.4, -0.2) is 23.5 Å². The molecule has 0 aliphatic rings. The molecule has 7 heteroatoms. The number of hydrogen-bond donors (Lipinski definition) is 3. The summed E-state index contributed by atoms with van der Waals surface area (Å²) in [6.07, 6.45) is 10.9. The second-order valence-electron chi connectivity index (χ2n) is 6.90. The SMILES string of the molecule is CCCCCCCCCNC(=O)Oc1cccc(-c2cncc(C(=O)NN)c2)c1. The van der Waals surface area contributed by atoms with E-state index in [-0.39, 0.29) is 0 Å².